The second-order valence-corrected chi connectivity index (χ2v) is 7.64. The summed E-state index contributed by atoms with van der Waals surface area (Å²) in [5.41, 5.74) is 4.91. The lowest BCUT2D eigenvalue weighted by molar-refractivity contribution is -0.0498. The Hall–Kier alpha value is -3.68. The van der Waals surface area contributed by atoms with Gasteiger partial charge in [0.2, 0.25) is 0 Å². The molecule has 3 N–H and O–H groups in total. The molecule has 0 aliphatic heterocycles. The molecule has 0 saturated carbocycles. The molecule has 6 nitrogen and oxygen atoms in total. The van der Waals surface area contributed by atoms with Crippen molar-refractivity contribution in [3.63, 3.8) is 0 Å². The Morgan fingerprint density at radius 1 is 1.16 bits per heavy atom. The molecule has 1 aliphatic carbocycles. The minimum absolute atomic E-state index is 0.117. The molecule has 32 heavy (non-hydrogen) atoms. The first-order valence-corrected chi connectivity index (χ1v) is 10.4. The summed E-state index contributed by atoms with van der Waals surface area (Å²) in [5.74, 6) is -0.602. The highest BCUT2D eigenvalue weighted by Gasteiger charge is 2.21. The molecule has 166 valence electrons. The third kappa shape index (κ3) is 5.14. The number of hydrogen-bond donors (Lipinski definition) is 3. The first kappa shape index (κ1) is 21.5. The lowest BCUT2D eigenvalue weighted by Gasteiger charge is -2.27. The van der Waals surface area contributed by atoms with Crippen LogP contribution < -0.4 is 15.4 Å². The molecule has 1 aliphatic rings. The fourth-order valence-corrected chi connectivity index (χ4v) is 4.05. The number of aromatic nitrogens is 1. The predicted octanol–water partition coefficient (Wildman–Crippen LogP) is 5.66. The monoisotopic (exact) mass is 439 g/mol. The second-order valence-electron chi connectivity index (χ2n) is 7.64. The van der Waals surface area contributed by atoms with E-state index in [2.05, 4.69) is 32.5 Å². The van der Waals surface area contributed by atoms with Crippen molar-refractivity contribution in [2.24, 2.45) is 0 Å². The number of aromatic carboxylic acids is 1. The Kier molecular flexibility index (Phi) is 6.49. The van der Waals surface area contributed by atoms with E-state index >= 15 is 0 Å². The van der Waals surface area contributed by atoms with Crippen molar-refractivity contribution in [1.82, 2.24) is 4.98 Å². The molecule has 0 amide bonds. The van der Waals surface area contributed by atoms with Crippen LogP contribution in [0.25, 0.3) is 0 Å². The standard InChI is InChI=1S/C24H23F2N3O3/c25-24(26)32-19-7-4-17(5-8-19)29-18-6-9-20-15(12-18)2-1-3-16(20)13-28-22-14-27-11-10-21(22)23(30)31/h4-12,14,16,24,28-29H,1-3,13H2,(H,30,31)/t16-/m0/s1. The number of halogens is 2. The second kappa shape index (κ2) is 9.64. The van der Waals surface area contributed by atoms with Crippen LogP contribution in [0, 0.1) is 0 Å². The lowest BCUT2D eigenvalue weighted by atomic mass is 9.82. The minimum atomic E-state index is -2.84. The molecule has 1 heterocycles. The number of carboxylic acids is 1. The fraction of sp³-hybridized carbons (Fsp3) is 0.250. The zero-order valence-electron chi connectivity index (χ0n) is 17.2. The smallest absolute Gasteiger partial charge is 0.387 e. The molecular formula is C24H23F2N3O3. The van der Waals surface area contributed by atoms with E-state index in [1.807, 2.05) is 6.07 Å². The Morgan fingerprint density at radius 2 is 1.94 bits per heavy atom. The fourth-order valence-electron chi connectivity index (χ4n) is 4.05. The lowest BCUT2D eigenvalue weighted by Crippen LogP contribution is -2.19. The van der Waals surface area contributed by atoms with E-state index in [0.29, 0.717) is 12.2 Å². The maximum Gasteiger partial charge on any atom is 0.387 e. The summed E-state index contributed by atoms with van der Waals surface area (Å²) >= 11 is 0. The van der Waals surface area contributed by atoms with Gasteiger partial charge in [-0.3, -0.25) is 4.98 Å². The van der Waals surface area contributed by atoms with Gasteiger partial charge in [-0.05, 0) is 72.9 Å². The highest BCUT2D eigenvalue weighted by Crippen LogP contribution is 2.34. The van der Waals surface area contributed by atoms with Gasteiger partial charge in [-0.25, -0.2) is 4.79 Å². The number of carbonyl (C=O) groups is 1. The van der Waals surface area contributed by atoms with Crippen molar-refractivity contribution in [3.05, 3.63) is 77.6 Å². The molecular weight excluding hydrogens is 416 g/mol. The number of ether oxygens (including phenoxy) is 1. The Labute approximate surface area is 184 Å². The maximum absolute atomic E-state index is 12.3. The van der Waals surface area contributed by atoms with Gasteiger partial charge in [-0.15, -0.1) is 0 Å². The number of benzene rings is 2. The van der Waals surface area contributed by atoms with Crippen LogP contribution in [0.5, 0.6) is 5.75 Å². The van der Waals surface area contributed by atoms with E-state index in [-0.39, 0.29) is 17.2 Å². The third-order valence-electron chi connectivity index (χ3n) is 5.54. The third-order valence-corrected chi connectivity index (χ3v) is 5.54. The van der Waals surface area contributed by atoms with E-state index in [1.54, 1.807) is 12.1 Å². The minimum Gasteiger partial charge on any atom is -0.478 e. The first-order valence-electron chi connectivity index (χ1n) is 10.4. The van der Waals surface area contributed by atoms with Gasteiger partial charge >= 0.3 is 12.6 Å². The average Bonchev–Trinajstić information content (AvgIpc) is 2.78. The van der Waals surface area contributed by atoms with Crippen LogP contribution >= 0.6 is 0 Å². The number of alkyl halides is 2. The molecule has 0 fully saturated rings. The van der Waals surface area contributed by atoms with Crippen LogP contribution in [0.2, 0.25) is 0 Å². The number of nitrogens with one attached hydrogen (secondary N) is 2. The van der Waals surface area contributed by atoms with Crippen molar-refractivity contribution in [1.29, 1.82) is 0 Å². The van der Waals surface area contributed by atoms with Gasteiger partial charge in [0.25, 0.3) is 0 Å². The summed E-state index contributed by atoms with van der Waals surface area (Å²) < 4.78 is 29.0. The Bertz CT molecular complexity index is 1090. The van der Waals surface area contributed by atoms with Crippen molar-refractivity contribution in [3.8, 4) is 5.75 Å². The summed E-state index contributed by atoms with van der Waals surface area (Å²) in [5, 5.41) is 15.9. The SMILES string of the molecule is O=C(O)c1ccncc1NC[C@@H]1CCCc2cc(Nc3ccc(OC(F)F)cc3)ccc21. The zero-order chi connectivity index (χ0) is 22.5. The van der Waals surface area contributed by atoms with Gasteiger partial charge in [-0.1, -0.05) is 6.07 Å². The van der Waals surface area contributed by atoms with Gasteiger partial charge in [0.15, 0.2) is 0 Å². The van der Waals surface area contributed by atoms with Gasteiger partial charge in [-0.2, -0.15) is 8.78 Å². The number of fused-ring (bicyclic) bond motifs is 1. The summed E-state index contributed by atoms with van der Waals surface area (Å²) in [6, 6.07) is 14.1. The predicted molar refractivity (Wildman–Crippen MR) is 118 cm³/mol. The average molecular weight is 439 g/mol. The largest absolute Gasteiger partial charge is 0.478 e. The van der Waals surface area contributed by atoms with Crippen molar-refractivity contribution < 1.29 is 23.4 Å². The molecule has 4 rings (SSSR count). The van der Waals surface area contributed by atoms with Gasteiger partial charge in [0.05, 0.1) is 17.4 Å². The van der Waals surface area contributed by atoms with E-state index < -0.39 is 12.6 Å². The molecule has 3 aromatic rings. The molecule has 0 unspecified atom stereocenters. The number of hydrogen-bond acceptors (Lipinski definition) is 5. The number of pyridine rings is 1. The zero-order valence-corrected chi connectivity index (χ0v) is 17.2. The highest BCUT2D eigenvalue weighted by molar-refractivity contribution is 5.93. The molecule has 1 aromatic heterocycles. The van der Waals surface area contributed by atoms with Crippen molar-refractivity contribution in [2.45, 2.75) is 31.8 Å². The normalized spacial score (nSPS) is 15.2. The molecule has 8 heteroatoms. The number of aryl methyl sites for hydroxylation is 1. The van der Waals surface area contributed by atoms with E-state index in [0.717, 1.165) is 30.6 Å². The van der Waals surface area contributed by atoms with Gasteiger partial charge < -0.3 is 20.5 Å². The topological polar surface area (TPSA) is 83.5 Å². The van der Waals surface area contributed by atoms with Crippen molar-refractivity contribution >= 4 is 23.0 Å². The molecule has 2 aromatic carbocycles. The molecule has 1 atom stereocenters. The van der Waals surface area contributed by atoms with Crippen LogP contribution in [-0.4, -0.2) is 29.2 Å². The molecule has 0 radical (unpaired) electrons. The Balaban J connectivity index is 1.44. The summed E-state index contributed by atoms with van der Waals surface area (Å²) in [6.07, 6.45) is 6.04. The van der Waals surface area contributed by atoms with Crippen LogP contribution in [0.15, 0.2) is 60.9 Å². The number of rotatable bonds is 8. The molecule has 0 bridgehead atoms. The van der Waals surface area contributed by atoms with Crippen LogP contribution in [0.3, 0.4) is 0 Å². The Morgan fingerprint density at radius 3 is 2.69 bits per heavy atom. The highest BCUT2D eigenvalue weighted by atomic mass is 19.3. The summed E-state index contributed by atoms with van der Waals surface area (Å²) in [4.78, 5) is 15.4. The number of anilines is 3. The van der Waals surface area contributed by atoms with E-state index in [9.17, 15) is 18.7 Å². The summed E-state index contributed by atoms with van der Waals surface area (Å²) in [6.45, 7) is -2.22. The number of carboxylic acid groups (broad SMARTS) is 1. The van der Waals surface area contributed by atoms with Crippen LogP contribution in [0.1, 0.15) is 40.2 Å². The molecule has 0 saturated heterocycles. The van der Waals surface area contributed by atoms with E-state index in [4.69, 9.17) is 0 Å². The molecule has 0 spiro atoms. The number of nitrogens with zero attached hydrogens (tertiary/aromatic N) is 1. The van der Waals surface area contributed by atoms with Crippen molar-refractivity contribution in [2.75, 3.05) is 17.2 Å². The van der Waals surface area contributed by atoms with Gasteiger partial charge in [0.1, 0.15) is 5.75 Å². The summed E-state index contributed by atoms with van der Waals surface area (Å²) in [7, 11) is 0. The van der Waals surface area contributed by atoms with E-state index in [1.165, 1.54) is 41.7 Å². The maximum atomic E-state index is 12.3. The van der Waals surface area contributed by atoms with Crippen LogP contribution in [0.4, 0.5) is 25.8 Å². The first-order chi connectivity index (χ1) is 15.5. The quantitative estimate of drug-likeness (QED) is 0.420. The van der Waals surface area contributed by atoms with Gasteiger partial charge in [0, 0.05) is 30.0 Å². The van der Waals surface area contributed by atoms with Crippen LogP contribution in [-0.2, 0) is 6.42 Å².